The van der Waals surface area contributed by atoms with Crippen LogP contribution in [0.3, 0.4) is 0 Å². The first-order valence-corrected chi connectivity index (χ1v) is 8.05. The molecule has 1 saturated heterocycles. The van der Waals surface area contributed by atoms with Crippen molar-refractivity contribution in [2.24, 2.45) is 5.92 Å². The monoisotopic (exact) mass is 312 g/mol. The van der Waals surface area contributed by atoms with Crippen molar-refractivity contribution in [1.29, 1.82) is 0 Å². The van der Waals surface area contributed by atoms with Gasteiger partial charge in [0.1, 0.15) is 10.8 Å². The van der Waals surface area contributed by atoms with Crippen LogP contribution in [0.4, 0.5) is 0 Å². The van der Waals surface area contributed by atoms with Crippen molar-refractivity contribution in [3.63, 3.8) is 0 Å². The molecule has 108 valence electrons. The topological polar surface area (TPSA) is 33.2 Å². The average molecular weight is 313 g/mol. The quantitative estimate of drug-likeness (QED) is 0.767. The second-order valence-corrected chi connectivity index (χ2v) is 6.51. The summed E-state index contributed by atoms with van der Waals surface area (Å²) in [7, 11) is 0. The number of carbonyl (C=O) groups excluding carboxylic acids is 1. The van der Waals surface area contributed by atoms with Gasteiger partial charge in [-0.3, -0.25) is 4.79 Å². The highest BCUT2D eigenvalue weighted by molar-refractivity contribution is 6.34. The molecule has 1 aromatic heterocycles. The lowest BCUT2D eigenvalue weighted by Crippen LogP contribution is -2.39. The van der Waals surface area contributed by atoms with Crippen LogP contribution in [-0.4, -0.2) is 28.4 Å². The number of hydrogen-bond acceptors (Lipinski definition) is 2. The normalized spacial score (nSPS) is 23.5. The lowest BCUT2D eigenvalue weighted by atomic mass is 9.96. The average Bonchev–Trinajstić information content (AvgIpc) is 3.10. The Morgan fingerprint density at radius 1 is 1.15 bits per heavy atom. The molecule has 0 spiro atoms. The van der Waals surface area contributed by atoms with E-state index in [-0.39, 0.29) is 5.91 Å². The predicted molar refractivity (Wildman–Crippen MR) is 80.3 cm³/mol. The number of amides is 1. The fraction of sp³-hybridized carbons (Fsp3) is 0.600. The zero-order valence-electron chi connectivity index (χ0n) is 11.3. The molecule has 1 aliphatic heterocycles. The molecule has 1 amide bonds. The predicted octanol–water partition coefficient (Wildman–Crippen LogP) is 4.18. The largest absolute Gasteiger partial charge is 0.334 e. The molecule has 1 aliphatic carbocycles. The molecule has 1 saturated carbocycles. The molecule has 0 N–H and O–H groups in total. The maximum Gasteiger partial charge on any atom is 0.274 e. The van der Waals surface area contributed by atoms with E-state index in [1.165, 1.54) is 25.7 Å². The molecular weight excluding hydrogens is 295 g/mol. The molecular formula is C15H18Cl2N2O. The Labute approximate surface area is 129 Å². The van der Waals surface area contributed by atoms with E-state index in [9.17, 15) is 4.79 Å². The lowest BCUT2D eigenvalue weighted by Gasteiger charge is -2.29. The molecule has 2 fully saturated rings. The zero-order valence-corrected chi connectivity index (χ0v) is 12.8. The summed E-state index contributed by atoms with van der Waals surface area (Å²) in [6, 6.07) is 3.62. The van der Waals surface area contributed by atoms with Crippen molar-refractivity contribution < 1.29 is 4.79 Å². The van der Waals surface area contributed by atoms with Gasteiger partial charge in [0, 0.05) is 12.6 Å². The fourth-order valence-corrected chi connectivity index (χ4v) is 3.91. The SMILES string of the molecule is O=C(c1nc(Cl)ccc1Cl)N1CCCC1C1CCCC1. The zero-order chi connectivity index (χ0) is 14.1. The van der Waals surface area contributed by atoms with Crippen molar-refractivity contribution in [1.82, 2.24) is 9.88 Å². The Hall–Kier alpha value is -0.800. The summed E-state index contributed by atoms with van der Waals surface area (Å²) in [5.74, 6) is 0.589. The second kappa shape index (κ2) is 5.90. The fourth-order valence-electron chi connectivity index (χ4n) is 3.58. The molecule has 2 aliphatic rings. The number of rotatable bonds is 2. The highest BCUT2D eigenvalue weighted by Gasteiger charge is 2.37. The van der Waals surface area contributed by atoms with Gasteiger partial charge in [-0.05, 0) is 43.7 Å². The molecule has 1 aromatic rings. The maximum absolute atomic E-state index is 12.7. The van der Waals surface area contributed by atoms with Crippen LogP contribution in [-0.2, 0) is 0 Å². The first kappa shape index (κ1) is 14.2. The van der Waals surface area contributed by atoms with Gasteiger partial charge in [0.15, 0.2) is 0 Å². The van der Waals surface area contributed by atoms with Crippen LogP contribution < -0.4 is 0 Å². The van der Waals surface area contributed by atoms with Crippen LogP contribution in [0.2, 0.25) is 10.2 Å². The summed E-state index contributed by atoms with van der Waals surface area (Å²) in [6.45, 7) is 0.810. The van der Waals surface area contributed by atoms with E-state index in [4.69, 9.17) is 23.2 Å². The van der Waals surface area contributed by atoms with E-state index in [1.807, 2.05) is 4.90 Å². The van der Waals surface area contributed by atoms with Crippen LogP contribution in [0.1, 0.15) is 49.0 Å². The van der Waals surface area contributed by atoms with E-state index in [0.717, 1.165) is 19.4 Å². The third-order valence-electron chi connectivity index (χ3n) is 4.52. The summed E-state index contributed by atoms with van der Waals surface area (Å²) in [6.07, 6.45) is 7.24. The Kier molecular flexibility index (Phi) is 4.18. The summed E-state index contributed by atoms with van der Waals surface area (Å²) >= 11 is 12.0. The highest BCUT2D eigenvalue weighted by Crippen LogP contribution is 2.36. The van der Waals surface area contributed by atoms with Gasteiger partial charge in [-0.25, -0.2) is 4.98 Å². The molecule has 3 nitrogen and oxygen atoms in total. The van der Waals surface area contributed by atoms with Crippen LogP contribution in [0, 0.1) is 5.92 Å². The summed E-state index contributed by atoms with van der Waals surface area (Å²) < 4.78 is 0. The minimum absolute atomic E-state index is 0.0631. The standard InChI is InChI=1S/C15H18Cl2N2O/c16-11-7-8-13(17)18-14(11)15(20)19-9-3-6-12(19)10-4-1-2-5-10/h7-8,10,12H,1-6,9H2. The van der Waals surface area contributed by atoms with Gasteiger partial charge in [-0.2, -0.15) is 0 Å². The number of hydrogen-bond donors (Lipinski definition) is 0. The molecule has 0 bridgehead atoms. The van der Waals surface area contributed by atoms with Crippen LogP contribution in [0.15, 0.2) is 12.1 Å². The third-order valence-corrected chi connectivity index (χ3v) is 5.03. The van der Waals surface area contributed by atoms with Crippen molar-refractivity contribution in [2.45, 2.75) is 44.6 Å². The van der Waals surface area contributed by atoms with E-state index < -0.39 is 0 Å². The molecule has 2 heterocycles. The molecule has 0 aromatic carbocycles. The summed E-state index contributed by atoms with van der Waals surface area (Å²) in [4.78, 5) is 18.8. The van der Waals surface area contributed by atoms with E-state index in [1.54, 1.807) is 12.1 Å². The van der Waals surface area contributed by atoms with Gasteiger partial charge in [0.2, 0.25) is 0 Å². The smallest absolute Gasteiger partial charge is 0.274 e. The number of carbonyl (C=O) groups is 1. The van der Waals surface area contributed by atoms with E-state index in [2.05, 4.69) is 4.98 Å². The number of pyridine rings is 1. The second-order valence-electron chi connectivity index (χ2n) is 5.72. The van der Waals surface area contributed by atoms with Crippen molar-refractivity contribution in [3.8, 4) is 0 Å². The Morgan fingerprint density at radius 3 is 2.65 bits per heavy atom. The van der Waals surface area contributed by atoms with E-state index >= 15 is 0 Å². The van der Waals surface area contributed by atoms with Crippen LogP contribution >= 0.6 is 23.2 Å². The van der Waals surface area contributed by atoms with Gasteiger partial charge in [-0.1, -0.05) is 36.0 Å². The van der Waals surface area contributed by atoms with Crippen LogP contribution in [0.25, 0.3) is 0 Å². The number of likely N-dealkylation sites (tertiary alicyclic amines) is 1. The Bertz CT molecular complexity index is 515. The number of halogens is 2. The van der Waals surface area contributed by atoms with Crippen molar-refractivity contribution in [3.05, 3.63) is 28.0 Å². The summed E-state index contributed by atoms with van der Waals surface area (Å²) in [5.41, 5.74) is 0.295. The molecule has 1 atom stereocenters. The summed E-state index contributed by atoms with van der Waals surface area (Å²) in [5, 5.41) is 0.700. The van der Waals surface area contributed by atoms with Gasteiger partial charge >= 0.3 is 0 Å². The molecule has 20 heavy (non-hydrogen) atoms. The van der Waals surface area contributed by atoms with Gasteiger partial charge in [0.25, 0.3) is 5.91 Å². The van der Waals surface area contributed by atoms with Crippen molar-refractivity contribution >= 4 is 29.1 Å². The minimum Gasteiger partial charge on any atom is -0.334 e. The van der Waals surface area contributed by atoms with Gasteiger partial charge in [-0.15, -0.1) is 0 Å². The molecule has 3 rings (SSSR count). The van der Waals surface area contributed by atoms with E-state index in [0.29, 0.717) is 27.8 Å². The highest BCUT2D eigenvalue weighted by atomic mass is 35.5. The Morgan fingerprint density at radius 2 is 1.90 bits per heavy atom. The first-order valence-electron chi connectivity index (χ1n) is 7.30. The number of nitrogens with zero attached hydrogens (tertiary/aromatic N) is 2. The van der Waals surface area contributed by atoms with Gasteiger partial charge in [0.05, 0.1) is 5.02 Å². The third kappa shape index (κ3) is 2.66. The number of aromatic nitrogens is 1. The first-order chi connectivity index (χ1) is 9.66. The Balaban J connectivity index is 1.83. The molecule has 0 radical (unpaired) electrons. The molecule has 5 heteroatoms. The van der Waals surface area contributed by atoms with Gasteiger partial charge < -0.3 is 4.90 Å². The minimum atomic E-state index is -0.0631. The molecule has 1 unspecified atom stereocenters. The van der Waals surface area contributed by atoms with Crippen molar-refractivity contribution in [2.75, 3.05) is 6.54 Å². The lowest BCUT2D eigenvalue weighted by molar-refractivity contribution is 0.0683. The maximum atomic E-state index is 12.7. The van der Waals surface area contributed by atoms with Crippen LogP contribution in [0.5, 0.6) is 0 Å².